The van der Waals surface area contributed by atoms with Gasteiger partial charge in [0.05, 0.1) is 0 Å². The molecule has 0 aliphatic rings. The smallest absolute Gasteiger partial charge is 0.225 e. The van der Waals surface area contributed by atoms with Gasteiger partial charge in [0.25, 0.3) is 0 Å². The van der Waals surface area contributed by atoms with Gasteiger partial charge in [0.2, 0.25) is 5.91 Å². The fourth-order valence-electron chi connectivity index (χ4n) is 1.25. The van der Waals surface area contributed by atoms with E-state index in [0.717, 1.165) is 17.8 Å². The Morgan fingerprint density at radius 1 is 1.11 bits per heavy atom. The van der Waals surface area contributed by atoms with Gasteiger partial charge in [-0.1, -0.05) is 45.9 Å². The number of carbonyl (C=O) groups is 1. The lowest BCUT2D eigenvalue weighted by Crippen LogP contribution is -2.21. The molecule has 0 saturated heterocycles. The van der Waals surface area contributed by atoms with Crippen LogP contribution in [0.1, 0.15) is 39.7 Å². The quantitative estimate of drug-likeness (QED) is 0.895. The van der Waals surface area contributed by atoms with Gasteiger partial charge in [0.1, 0.15) is 0 Å². The molecular weight excluding hydrogens is 236 g/mol. The summed E-state index contributed by atoms with van der Waals surface area (Å²) >= 11 is 0. The third-order valence-corrected chi connectivity index (χ3v) is 2.21. The molecule has 110 valence electrons. The van der Waals surface area contributed by atoms with Gasteiger partial charge in [-0.15, -0.1) is 0 Å². The molecule has 0 spiro atoms. The number of rotatable bonds is 4. The SMILES string of the molecule is CC.CC.Cc1ccccc1NC(=O)CCN(C)C. The maximum absolute atomic E-state index is 11.5. The zero-order valence-electron chi connectivity index (χ0n) is 13.6. The van der Waals surface area contributed by atoms with Crippen LogP contribution in [0.15, 0.2) is 24.3 Å². The van der Waals surface area contributed by atoms with Gasteiger partial charge in [-0.2, -0.15) is 0 Å². The van der Waals surface area contributed by atoms with Crippen LogP contribution < -0.4 is 5.32 Å². The monoisotopic (exact) mass is 266 g/mol. The highest BCUT2D eigenvalue weighted by Gasteiger charge is 2.04. The molecule has 1 rings (SSSR count). The van der Waals surface area contributed by atoms with E-state index < -0.39 is 0 Å². The highest BCUT2D eigenvalue weighted by atomic mass is 16.1. The minimum absolute atomic E-state index is 0.0676. The molecule has 0 aliphatic carbocycles. The van der Waals surface area contributed by atoms with Crippen molar-refractivity contribution in [3.63, 3.8) is 0 Å². The first kappa shape index (κ1) is 20.0. The number of amides is 1. The summed E-state index contributed by atoms with van der Waals surface area (Å²) in [5, 5.41) is 2.90. The second kappa shape index (κ2) is 13.1. The van der Waals surface area contributed by atoms with Crippen molar-refractivity contribution >= 4 is 11.6 Å². The predicted molar refractivity (Wildman–Crippen MR) is 85.7 cm³/mol. The lowest BCUT2D eigenvalue weighted by atomic mass is 10.2. The van der Waals surface area contributed by atoms with Crippen LogP contribution in [0.3, 0.4) is 0 Å². The minimum Gasteiger partial charge on any atom is -0.326 e. The first-order chi connectivity index (χ1) is 9.09. The van der Waals surface area contributed by atoms with E-state index >= 15 is 0 Å². The number of benzene rings is 1. The van der Waals surface area contributed by atoms with Crippen LogP contribution in [0.4, 0.5) is 5.69 Å². The van der Waals surface area contributed by atoms with Crippen molar-refractivity contribution in [1.29, 1.82) is 0 Å². The Hall–Kier alpha value is -1.35. The van der Waals surface area contributed by atoms with Crippen LogP contribution in [0.25, 0.3) is 0 Å². The molecule has 3 heteroatoms. The largest absolute Gasteiger partial charge is 0.326 e. The van der Waals surface area contributed by atoms with Gasteiger partial charge in [0, 0.05) is 18.7 Å². The number of para-hydroxylation sites is 1. The van der Waals surface area contributed by atoms with Crippen molar-refractivity contribution in [3.8, 4) is 0 Å². The molecule has 0 aromatic heterocycles. The van der Waals surface area contributed by atoms with Crippen LogP contribution in [0, 0.1) is 6.92 Å². The standard InChI is InChI=1S/C12H18N2O.2C2H6/c1-10-6-4-5-7-11(10)13-12(15)8-9-14(2)3;2*1-2/h4-7H,8-9H2,1-3H3,(H,13,15);2*1-2H3. The summed E-state index contributed by atoms with van der Waals surface area (Å²) in [6.07, 6.45) is 0.529. The second-order valence-electron chi connectivity index (χ2n) is 3.92. The van der Waals surface area contributed by atoms with Crippen LogP contribution in [0.5, 0.6) is 0 Å². The molecule has 1 aromatic carbocycles. The summed E-state index contributed by atoms with van der Waals surface area (Å²) in [6, 6.07) is 7.80. The van der Waals surface area contributed by atoms with Crippen LogP contribution in [-0.4, -0.2) is 31.4 Å². The number of nitrogens with zero attached hydrogens (tertiary/aromatic N) is 1. The number of hydrogen-bond acceptors (Lipinski definition) is 2. The summed E-state index contributed by atoms with van der Waals surface area (Å²) in [5.41, 5.74) is 2.00. The van der Waals surface area contributed by atoms with Crippen LogP contribution in [0.2, 0.25) is 0 Å². The second-order valence-corrected chi connectivity index (χ2v) is 3.92. The van der Waals surface area contributed by atoms with Crippen molar-refractivity contribution in [2.45, 2.75) is 41.0 Å². The molecule has 0 saturated carbocycles. The van der Waals surface area contributed by atoms with Crippen LogP contribution >= 0.6 is 0 Å². The van der Waals surface area contributed by atoms with E-state index in [1.54, 1.807) is 0 Å². The van der Waals surface area contributed by atoms with Gasteiger partial charge in [-0.05, 0) is 32.6 Å². The summed E-state index contributed by atoms with van der Waals surface area (Å²) in [4.78, 5) is 13.5. The Morgan fingerprint density at radius 2 is 1.63 bits per heavy atom. The Morgan fingerprint density at radius 3 is 2.11 bits per heavy atom. The third kappa shape index (κ3) is 10.3. The maximum Gasteiger partial charge on any atom is 0.225 e. The summed E-state index contributed by atoms with van der Waals surface area (Å²) in [6.45, 7) is 10.8. The summed E-state index contributed by atoms with van der Waals surface area (Å²) in [5.74, 6) is 0.0676. The number of carbonyl (C=O) groups excluding carboxylic acids is 1. The number of aryl methyl sites for hydroxylation is 1. The topological polar surface area (TPSA) is 32.3 Å². The van der Waals surface area contributed by atoms with Gasteiger partial charge < -0.3 is 10.2 Å². The molecule has 19 heavy (non-hydrogen) atoms. The summed E-state index contributed by atoms with van der Waals surface area (Å²) < 4.78 is 0. The molecule has 0 radical (unpaired) electrons. The van der Waals surface area contributed by atoms with Gasteiger partial charge in [-0.25, -0.2) is 0 Å². The van der Waals surface area contributed by atoms with Crippen molar-refractivity contribution in [2.24, 2.45) is 0 Å². The molecule has 3 nitrogen and oxygen atoms in total. The van der Waals surface area contributed by atoms with E-state index in [2.05, 4.69) is 5.32 Å². The van der Waals surface area contributed by atoms with Crippen molar-refractivity contribution in [3.05, 3.63) is 29.8 Å². The van der Waals surface area contributed by atoms with Gasteiger partial charge in [0.15, 0.2) is 0 Å². The molecular formula is C16H30N2O. The number of nitrogens with one attached hydrogen (secondary N) is 1. The first-order valence-corrected chi connectivity index (χ1v) is 7.10. The highest BCUT2D eigenvalue weighted by Crippen LogP contribution is 2.13. The van der Waals surface area contributed by atoms with Crippen molar-refractivity contribution in [1.82, 2.24) is 4.90 Å². The van der Waals surface area contributed by atoms with E-state index in [1.165, 1.54) is 0 Å². The van der Waals surface area contributed by atoms with Crippen molar-refractivity contribution in [2.75, 3.05) is 26.0 Å². The molecule has 1 amide bonds. The Balaban J connectivity index is 0. The predicted octanol–water partition coefficient (Wildman–Crippen LogP) is 3.94. The molecule has 0 heterocycles. The van der Waals surface area contributed by atoms with E-state index in [4.69, 9.17) is 0 Å². The van der Waals surface area contributed by atoms with Gasteiger partial charge >= 0.3 is 0 Å². The molecule has 1 aromatic rings. The zero-order valence-corrected chi connectivity index (χ0v) is 13.6. The molecule has 0 aliphatic heterocycles. The highest BCUT2D eigenvalue weighted by molar-refractivity contribution is 5.91. The fraction of sp³-hybridized carbons (Fsp3) is 0.562. The lowest BCUT2D eigenvalue weighted by molar-refractivity contribution is -0.116. The van der Waals surface area contributed by atoms with E-state index in [-0.39, 0.29) is 5.91 Å². The fourth-order valence-corrected chi connectivity index (χ4v) is 1.25. The average Bonchev–Trinajstić information content (AvgIpc) is 2.44. The van der Waals surface area contributed by atoms with Gasteiger partial charge in [-0.3, -0.25) is 4.79 Å². The molecule has 0 atom stereocenters. The minimum atomic E-state index is 0.0676. The Labute approximate surface area is 119 Å². The normalized spacial score (nSPS) is 8.84. The van der Waals surface area contributed by atoms with Crippen LogP contribution in [-0.2, 0) is 4.79 Å². The molecule has 0 fully saturated rings. The van der Waals surface area contributed by atoms with Crippen molar-refractivity contribution < 1.29 is 4.79 Å². The van der Waals surface area contributed by atoms with E-state index in [1.807, 2.05) is 77.9 Å². The number of hydrogen-bond donors (Lipinski definition) is 1. The average molecular weight is 266 g/mol. The Kier molecular flexibility index (Phi) is 13.8. The first-order valence-electron chi connectivity index (χ1n) is 7.10. The molecule has 0 unspecified atom stereocenters. The molecule has 0 bridgehead atoms. The summed E-state index contributed by atoms with van der Waals surface area (Å²) in [7, 11) is 3.92. The zero-order chi connectivity index (χ0) is 15.3. The Bertz CT molecular complexity index is 335. The third-order valence-electron chi connectivity index (χ3n) is 2.21. The maximum atomic E-state index is 11.5. The lowest BCUT2D eigenvalue weighted by Gasteiger charge is -2.10. The molecule has 1 N–H and O–H groups in total. The van der Waals surface area contributed by atoms with E-state index in [0.29, 0.717) is 6.42 Å². The van der Waals surface area contributed by atoms with E-state index in [9.17, 15) is 4.79 Å². The number of anilines is 1.